The van der Waals surface area contributed by atoms with Crippen molar-refractivity contribution in [3.8, 4) is 6.07 Å². The zero-order valence-corrected chi connectivity index (χ0v) is 15.2. The maximum atomic E-state index is 12.2. The van der Waals surface area contributed by atoms with Crippen LogP contribution in [0.3, 0.4) is 0 Å². The maximum absolute atomic E-state index is 12.2. The van der Waals surface area contributed by atoms with E-state index in [1.54, 1.807) is 27.7 Å². The van der Waals surface area contributed by atoms with Gasteiger partial charge >= 0.3 is 5.97 Å². The summed E-state index contributed by atoms with van der Waals surface area (Å²) in [6.07, 6.45) is 1.40. The molecule has 0 spiro atoms. The standard InChI is InChI=1S/C17H22N2O3S/c1-7-22-16(21)13-10(2)11(3)15(23-13)19-9-12(8-18)14(20)17(4,5)6/h9,19H,7H2,1-6H3/b12-9-. The van der Waals surface area contributed by atoms with Crippen LogP contribution in [0.4, 0.5) is 5.00 Å². The molecule has 1 heterocycles. The molecule has 0 unspecified atom stereocenters. The van der Waals surface area contributed by atoms with Crippen LogP contribution in [-0.4, -0.2) is 18.4 Å². The van der Waals surface area contributed by atoms with Crippen molar-refractivity contribution >= 4 is 28.1 Å². The van der Waals surface area contributed by atoms with E-state index in [1.807, 2.05) is 19.9 Å². The van der Waals surface area contributed by atoms with Crippen molar-refractivity contribution in [2.24, 2.45) is 5.41 Å². The molecular formula is C17H22N2O3S. The van der Waals surface area contributed by atoms with E-state index in [2.05, 4.69) is 5.32 Å². The second-order valence-corrected chi connectivity index (χ2v) is 7.14. The molecule has 0 amide bonds. The zero-order valence-electron chi connectivity index (χ0n) is 14.4. The van der Waals surface area contributed by atoms with Crippen molar-refractivity contribution in [1.29, 1.82) is 5.26 Å². The smallest absolute Gasteiger partial charge is 0.348 e. The minimum Gasteiger partial charge on any atom is -0.462 e. The summed E-state index contributed by atoms with van der Waals surface area (Å²) in [6.45, 7) is 11.1. The lowest BCUT2D eigenvalue weighted by atomic mass is 9.87. The van der Waals surface area contributed by atoms with Crippen LogP contribution < -0.4 is 5.32 Å². The molecule has 124 valence electrons. The van der Waals surface area contributed by atoms with Crippen molar-refractivity contribution in [2.75, 3.05) is 11.9 Å². The van der Waals surface area contributed by atoms with E-state index in [0.29, 0.717) is 11.5 Å². The van der Waals surface area contributed by atoms with E-state index in [4.69, 9.17) is 4.74 Å². The van der Waals surface area contributed by atoms with Gasteiger partial charge in [0, 0.05) is 11.6 Å². The number of carbonyl (C=O) groups excluding carboxylic acids is 2. The number of nitrogens with one attached hydrogen (secondary N) is 1. The topological polar surface area (TPSA) is 79.2 Å². The molecule has 1 aromatic heterocycles. The summed E-state index contributed by atoms with van der Waals surface area (Å²) in [5, 5.41) is 12.9. The molecule has 1 rings (SSSR count). The number of nitriles is 1. The van der Waals surface area contributed by atoms with E-state index < -0.39 is 5.41 Å². The first-order valence-corrected chi connectivity index (χ1v) is 8.13. The molecule has 0 aromatic carbocycles. The Morgan fingerprint density at radius 1 is 1.30 bits per heavy atom. The summed E-state index contributed by atoms with van der Waals surface area (Å²) in [4.78, 5) is 24.6. The van der Waals surface area contributed by atoms with Crippen LogP contribution >= 0.6 is 11.3 Å². The van der Waals surface area contributed by atoms with Gasteiger partial charge in [-0.05, 0) is 31.9 Å². The van der Waals surface area contributed by atoms with E-state index in [0.717, 1.165) is 16.1 Å². The molecule has 1 N–H and O–H groups in total. The van der Waals surface area contributed by atoms with Gasteiger partial charge in [-0.3, -0.25) is 4.79 Å². The molecule has 0 aliphatic heterocycles. The van der Waals surface area contributed by atoms with Gasteiger partial charge in [-0.25, -0.2) is 4.79 Å². The first kappa shape index (κ1) is 18.9. The number of rotatable bonds is 5. The number of esters is 1. The van der Waals surface area contributed by atoms with Gasteiger partial charge in [0.05, 0.1) is 11.6 Å². The normalized spacial score (nSPS) is 11.8. The number of hydrogen-bond acceptors (Lipinski definition) is 6. The molecule has 0 bridgehead atoms. The second-order valence-electron chi connectivity index (χ2n) is 6.12. The minimum atomic E-state index is -0.625. The Bertz CT molecular complexity index is 688. The zero-order chi connectivity index (χ0) is 17.8. The largest absolute Gasteiger partial charge is 0.462 e. The molecule has 23 heavy (non-hydrogen) atoms. The van der Waals surface area contributed by atoms with Gasteiger partial charge < -0.3 is 10.1 Å². The van der Waals surface area contributed by atoms with Crippen molar-refractivity contribution in [3.05, 3.63) is 27.8 Å². The van der Waals surface area contributed by atoms with E-state index >= 15 is 0 Å². The highest BCUT2D eigenvalue weighted by atomic mass is 32.1. The van der Waals surface area contributed by atoms with Gasteiger partial charge in [-0.15, -0.1) is 11.3 Å². The summed E-state index contributed by atoms with van der Waals surface area (Å²) in [5.41, 5.74) is 1.17. The molecule has 0 aliphatic rings. The summed E-state index contributed by atoms with van der Waals surface area (Å²) in [7, 11) is 0. The number of nitrogens with zero attached hydrogens (tertiary/aromatic N) is 1. The van der Waals surface area contributed by atoms with Gasteiger partial charge in [0.1, 0.15) is 16.5 Å². The van der Waals surface area contributed by atoms with Crippen LogP contribution in [-0.2, 0) is 9.53 Å². The molecule has 0 radical (unpaired) electrons. The molecular weight excluding hydrogens is 312 g/mol. The van der Waals surface area contributed by atoms with Crippen molar-refractivity contribution in [2.45, 2.75) is 41.5 Å². The van der Waals surface area contributed by atoms with Gasteiger partial charge in [-0.2, -0.15) is 5.26 Å². The summed E-state index contributed by atoms with van der Waals surface area (Å²) >= 11 is 1.25. The number of allylic oxidation sites excluding steroid dienone is 1. The van der Waals surface area contributed by atoms with Crippen LogP contribution in [0.5, 0.6) is 0 Å². The number of ketones is 1. The summed E-state index contributed by atoms with van der Waals surface area (Å²) in [6, 6.07) is 1.92. The van der Waals surface area contributed by atoms with Gasteiger partial charge in [0.2, 0.25) is 0 Å². The van der Waals surface area contributed by atoms with Crippen LogP contribution in [0.1, 0.15) is 48.5 Å². The fourth-order valence-electron chi connectivity index (χ4n) is 1.82. The van der Waals surface area contributed by atoms with E-state index in [1.165, 1.54) is 17.5 Å². The monoisotopic (exact) mass is 334 g/mol. The van der Waals surface area contributed by atoms with E-state index in [9.17, 15) is 14.9 Å². The summed E-state index contributed by atoms with van der Waals surface area (Å²) < 4.78 is 5.03. The average Bonchev–Trinajstić information content (AvgIpc) is 2.75. The molecule has 1 aromatic rings. The molecule has 0 atom stereocenters. The Balaban J connectivity index is 3.08. The first-order valence-electron chi connectivity index (χ1n) is 7.32. The van der Waals surface area contributed by atoms with Crippen molar-refractivity contribution in [1.82, 2.24) is 0 Å². The van der Waals surface area contributed by atoms with Gasteiger partial charge in [0.15, 0.2) is 5.78 Å². The third-order valence-corrected chi connectivity index (χ3v) is 4.61. The third-order valence-electron chi connectivity index (χ3n) is 3.30. The Morgan fingerprint density at radius 3 is 2.39 bits per heavy atom. The molecule has 6 heteroatoms. The predicted molar refractivity (Wildman–Crippen MR) is 91.5 cm³/mol. The number of carbonyl (C=O) groups is 2. The molecule has 0 saturated carbocycles. The summed E-state index contributed by atoms with van der Waals surface area (Å²) in [5.74, 6) is -0.592. The molecule has 0 aliphatic carbocycles. The van der Waals surface area contributed by atoms with Crippen LogP contribution in [0.2, 0.25) is 0 Å². The minimum absolute atomic E-state index is 0.0561. The number of ether oxygens (including phenoxy) is 1. The first-order chi connectivity index (χ1) is 10.6. The maximum Gasteiger partial charge on any atom is 0.348 e. The predicted octanol–water partition coefficient (Wildman–Crippen LogP) is 3.98. The number of thiophene rings is 1. The number of hydrogen-bond donors (Lipinski definition) is 1. The highest BCUT2D eigenvalue weighted by Crippen LogP contribution is 2.33. The fourth-order valence-corrected chi connectivity index (χ4v) is 2.89. The SMILES string of the molecule is CCOC(=O)c1sc(N/C=C(/C#N)C(=O)C(C)(C)C)c(C)c1C. The lowest BCUT2D eigenvalue weighted by Crippen LogP contribution is -2.22. The Hall–Kier alpha value is -2.13. The number of Topliss-reactive ketones (excluding diaryl/α,β-unsaturated/α-hetero) is 1. The lowest BCUT2D eigenvalue weighted by molar-refractivity contribution is -0.122. The van der Waals surface area contributed by atoms with Crippen molar-refractivity contribution < 1.29 is 14.3 Å². The quantitative estimate of drug-likeness (QED) is 0.500. The molecule has 0 fully saturated rings. The Kier molecular flexibility index (Phi) is 6.11. The van der Waals surface area contributed by atoms with Gasteiger partial charge in [-0.1, -0.05) is 20.8 Å². The van der Waals surface area contributed by atoms with E-state index in [-0.39, 0.29) is 17.3 Å². The average molecular weight is 334 g/mol. The van der Waals surface area contributed by atoms with Crippen LogP contribution in [0.15, 0.2) is 11.8 Å². The third kappa shape index (κ3) is 4.42. The van der Waals surface area contributed by atoms with Crippen LogP contribution in [0, 0.1) is 30.6 Å². The highest BCUT2D eigenvalue weighted by Gasteiger charge is 2.25. The molecule has 0 saturated heterocycles. The van der Waals surface area contributed by atoms with Crippen molar-refractivity contribution in [3.63, 3.8) is 0 Å². The number of anilines is 1. The fraction of sp³-hybridized carbons (Fsp3) is 0.471. The molecule has 5 nitrogen and oxygen atoms in total. The van der Waals surface area contributed by atoms with Crippen LogP contribution in [0.25, 0.3) is 0 Å². The second kappa shape index (κ2) is 7.42. The highest BCUT2D eigenvalue weighted by molar-refractivity contribution is 7.18. The van der Waals surface area contributed by atoms with Gasteiger partial charge in [0.25, 0.3) is 0 Å². The Morgan fingerprint density at radius 2 is 1.91 bits per heavy atom. The Labute approximate surface area is 141 Å². The lowest BCUT2D eigenvalue weighted by Gasteiger charge is -2.15.